The van der Waals surface area contributed by atoms with Crippen molar-refractivity contribution in [1.29, 1.82) is 0 Å². The molecular formula is C23H28F3N3O8. The number of hydrogen-bond donors (Lipinski definition) is 2. The Morgan fingerprint density at radius 1 is 1.16 bits per heavy atom. The lowest BCUT2D eigenvalue weighted by atomic mass is 9.78. The van der Waals surface area contributed by atoms with E-state index in [-0.39, 0.29) is 31.4 Å². The summed E-state index contributed by atoms with van der Waals surface area (Å²) in [6.45, 7) is 1.75. The van der Waals surface area contributed by atoms with Gasteiger partial charge in [-0.25, -0.2) is 4.79 Å². The molecule has 2 aliphatic rings. The molecule has 3 rings (SSSR count). The third-order valence-corrected chi connectivity index (χ3v) is 6.33. The van der Waals surface area contributed by atoms with Crippen molar-refractivity contribution in [3.05, 3.63) is 30.3 Å². The highest BCUT2D eigenvalue weighted by atomic mass is 19.4. The molecule has 14 heteroatoms. The van der Waals surface area contributed by atoms with Crippen molar-refractivity contribution in [3.8, 4) is 5.75 Å². The molecule has 2 saturated heterocycles. The Kier molecular flexibility index (Phi) is 9.25. The number of rotatable bonds is 7. The van der Waals surface area contributed by atoms with Crippen LogP contribution in [0.2, 0.25) is 0 Å². The van der Waals surface area contributed by atoms with E-state index < -0.39 is 47.4 Å². The number of benzene rings is 1. The Labute approximate surface area is 210 Å². The number of fused-ring (bicyclic) bond motifs is 1. The van der Waals surface area contributed by atoms with Gasteiger partial charge in [0.2, 0.25) is 11.8 Å². The van der Waals surface area contributed by atoms with Crippen LogP contribution in [0, 0.1) is 11.8 Å². The number of hydrogen-bond acceptors (Lipinski definition) is 8. The third kappa shape index (κ3) is 6.18. The first-order valence-electron chi connectivity index (χ1n) is 11.1. The van der Waals surface area contributed by atoms with Crippen LogP contribution in [-0.2, 0) is 28.7 Å². The summed E-state index contributed by atoms with van der Waals surface area (Å²) in [5, 5.41) is 10.3. The van der Waals surface area contributed by atoms with Gasteiger partial charge in [-0.3, -0.25) is 29.4 Å². The molecule has 2 aliphatic heterocycles. The highest BCUT2D eigenvalue weighted by Gasteiger charge is 2.67. The number of aliphatic carboxylic acids is 1. The Bertz CT molecular complexity index is 1040. The molecule has 0 saturated carbocycles. The lowest BCUT2D eigenvalue weighted by molar-refractivity contribution is -0.192. The maximum absolute atomic E-state index is 12.8. The number of amides is 3. The van der Waals surface area contributed by atoms with Gasteiger partial charge in [-0.1, -0.05) is 25.1 Å². The van der Waals surface area contributed by atoms with Gasteiger partial charge in [0.15, 0.2) is 6.61 Å². The van der Waals surface area contributed by atoms with E-state index in [9.17, 15) is 32.3 Å². The maximum Gasteiger partial charge on any atom is 0.490 e. The zero-order chi connectivity index (χ0) is 28.1. The van der Waals surface area contributed by atoms with Crippen LogP contribution in [0.5, 0.6) is 5.75 Å². The molecule has 0 bridgehead atoms. The quantitative estimate of drug-likeness (QED) is 0.384. The summed E-state index contributed by atoms with van der Waals surface area (Å²) in [6, 6.07) is 8.40. The second-order valence-electron chi connectivity index (χ2n) is 8.49. The summed E-state index contributed by atoms with van der Waals surface area (Å²) >= 11 is 0. The monoisotopic (exact) mass is 531 g/mol. The molecule has 1 aromatic rings. The van der Waals surface area contributed by atoms with Gasteiger partial charge < -0.3 is 19.5 Å². The van der Waals surface area contributed by atoms with Gasteiger partial charge in [0.25, 0.3) is 5.91 Å². The van der Waals surface area contributed by atoms with Gasteiger partial charge in [-0.2, -0.15) is 13.2 Å². The van der Waals surface area contributed by atoms with E-state index in [0.29, 0.717) is 5.75 Å². The molecule has 0 aliphatic carbocycles. The van der Waals surface area contributed by atoms with E-state index >= 15 is 0 Å². The number of methoxy groups -OCH3 is 1. The molecule has 0 unspecified atom stereocenters. The van der Waals surface area contributed by atoms with Crippen LogP contribution in [0.4, 0.5) is 13.2 Å². The number of esters is 1. The number of carboxylic acid groups (broad SMARTS) is 1. The topological polar surface area (TPSA) is 143 Å². The van der Waals surface area contributed by atoms with E-state index in [1.54, 1.807) is 26.1 Å². The Balaban J connectivity index is 0.000000604. The van der Waals surface area contributed by atoms with Gasteiger partial charge in [-0.05, 0) is 18.6 Å². The molecule has 0 radical (unpaired) electrons. The van der Waals surface area contributed by atoms with Gasteiger partial charge in [-0.15, -0.1) is 0 Å². The van der Waals surface area contributed by atoms with Gasteiger partial charge in [0, 0.05) is 26.7 Å². The number of nitrogens with zero attached hydrogens (tertiary/aromatic N) is 2. The minimum Gasteiger partial charge on any atom is -0.484 e. The lowest BCUT2D eigenvalue weighted by Crippen LogP contribution is -2.57. The second kappa shape index (κ2) is 11.6. The standard InChI is InChI=1S/C21H27N3O6.C2HF3O2/c1-5-21(20(28)29-4)17-16(18(26)24(3)19(17)27)14(22-21)11-23(2)15(25)12-30-13-9-7-6-8-10-13;3-2(4,5)1(6)7/h6-10,14,16-17,22H,5,11-12H2,1-4H3;(H,6,7)/t14-,16+,17-,21-;/m1./s1. The fourth-order valence-corrected chi connectivity index (χ4v) is 4.43. The summed E-state index contributed by atoms with van der Waals surface area (Å²) in [5.74, 6) is -5.42. The second-order valence-corrected chi connectivity index (χ2v) is 8.49. The predicted molar refractivity (Wildman–Crippen MR) is 120 cm³/mol. The molecule has 37 heavy (non-hydrogen) atoms. The zero-order valence-corrected chi connectivity index (χ0v) is 20.6. The molecule has 4 atom stereocenters. The fraction of sp³-hybridized carbons (Fsp3) is 0.522. The maximum atomic E-state index is 12.8. The number of ether oxygens (including phenoxy) is 2. The first-order valence-corrected chi connectivity index (χ1v) is 11.1. The van der Waals surface area contributed by atoms with Gasteiger partial charge in [0.05, 0.1) is 18.9 Å². The number of nitrogens with one attached hydrogen (secondary N) is 1. The number of imide groups is 1. The van der Waals surface area contributed by atoms with Gasteiger partial charge in [0.1, 0.15) is 11.3 Å². The van der Waals surface area contributed by atoms with Crippen LogP contribution in [0.3, 0.4) is 0 Å². The van der Waals surface area contributed by atoms with E-state index in [4.69, 9.17) is 19.4 Å². The third-order valence-electron chi connectivity index (χ3n) is 6.33. The highest BCUT2D eigenvalue weighted by molar-refractivity contribution is 6.09. The van der Waals surface area contributed by atoms with Crippen molar-refractivity contribution < 1.29 is 51.7 Å². The number of likely N-dealkylation sites (tertiary alicyclic amines) is 1. The van der Waals surface area contributed by atoms with E-state index in [0.717, 1.165) is 4.90 Å². The van der Waals surface area contributed by atoms with Crippen molar-refractivity contribution in [2.24, 2.45) is 11.8 Å². The SMILES string of the molecule is CC[C@@]1(C(=O)OC)N[C@H](CN(C)C(=O)COc2ccccc2)[C@@H]2C(=O)N(C)C(=O)[C@@H]21.O=C(O)C(F)(F)F. The van der Waals surface area contributed by atoms with Crippen LogP contribution < -0.4 is 10.1 Å². The molecule has 0 spiro atoms. The average molecular weight is 531 g/mol. The van der Waals surface area contributed by atoms with Crippen LogP contribution >= 0.6 is 0 Å². The van der Waals surface area contributed by atoms with E-state index in [2.05, 4.69) is 5.32 Å². The summed E-state index contributed by atoms with van der Waals surface area (Å²) in [6.07, 6.45) is -4.81. The zero-order valence-electron chi connectivity index (χ0n) is 20.6. The van der Waals surface area contributed by atoms with Crippen LogP contribution in [0.25, 0.3) is 0 Å². The molecule has 0 aromatic heterocycles. The Morgan fingerprint density at radius 3 is 2.22 bits per heavy atom. The Hall–Kier alpha value is -3.68. The van der Waals surface area contributed by atoms with Crippen molar-refractivity contribution in [2.75, 3.05) is 34.4 Å². The van der Waals surface area contributed by atoms with Gasteiger partial charge >= 0.3 is 18.1 Å². The number of carboxylic acids is 1. The predicted octanol–water partition coefficient (Wildman–Crippen LogP) is 0.682. The van der Waals surface area contributed by atoms with Crippen molar-refractivity contribution >= 4 is 29.7 Å². The largest absolute Gasteiger partial charge is 0.490 e. The fourth-order valence-electron chi connectivity index (χ4n) is 4.43. The van der Waals surface area contributed by atoms with Crippen molar-refractivity contribution in [2.45, 2.75) is 31.1 Å². The molecule has 3 amide bonds. The van der Waals surface area contributed by atoms with Crippen LogP contribution in [0.15, 0.2) is 30.3 Å². The van der Waals surface area contributed by atoms with Crippen LogP contribution in [0.1, 0.15) is 13.3 Å². The molecule has 2 fully saturated rings. The highest BCUT2D eigenvalue weighted by Crippen LogP contribution is 2.44. The van der Waals surface area contributed by atoms with Crippen LogP contribution in [-0.4, -0.2) is 96.7 Å². The lowest BCUT2D eigenvalue weighted by Gasteiger charge is -2.31. The summed E-state index contributed by atoms with van der Waals surface area (Å²) in [4.78, 5) is 62.1. The average Bonchev–Trinajstić information content (AvgIpc) is 3.31. The first-order chi connectivity index (χ1) is 17.2. The number of alkyl halides is 3. The summed E-state index contributed by atoms with van der Waals surface area (Å²) in [5.41, 5.74) is -1.30. The minimum absolute atomic E-state index is 0.143. The number of carbonyl (C=O) groups is 5. The minimum atomic E-state index is -5.08. The molecule has 2 N–H and O–H groups in total. The molecule has 11 nitrogen and oxygen atoms in total. The molecule has 2 heterocycles. The van der Waals surface area contributed by atoms with E-state index in [1.807, 2.05) is 18.2 Å². The summed E-state index contributed by atoms with van der Waals surface area (Å²) in [7, 11) is 4.27. The first kappa shape index (κ1) is 29.5. The summed E-state index contributed by atoms with van der Waals surface area (Å²) < 4.78 is 42.2. The van der Waals surface area contributed by atoms with Crippen molar-refractivity contribution in [3.63, 3.8) is 0 Å². The number of halogens is 3. The smallest absolute Gasteiger partial charge is 0.484 e. The number of likely N-dealkylation sites (N-methyl/N-ethyl adjacent to an activating group) is 1. The van der Waals surface area contributed by atoms with E-state index in [1.165, 1.54) is 19.1 Å². The molecule has 1 aromatic carbocycles. The normalized spacial score (nSPS) is 24.6. The number of carbonyl (C=O) groups excluding carboxylic acids is 4. The van der Waals surface area contributed by atoms with Crippen molar-refractivity contribution in [1.82, 2.24) is 15.1 Å². The number of para-hydroxylation sites is 1. The molecule has 204 valence electrons. The molecular weight excluding hydrogens is 503 g/mol. The Morgan fingerprint density at radius 2 is 1.73 bits per heavy atom.